The molecule has 1 saturated heterocycles. The lowest BCUT2D eigenvalue weighted by atomic mass is 10.0. The number of carbonyl (C=O) groups excluding carboxylic acids is 1. The summed E-state index contributed by atoms with van der Waals surface area (Å²) in [6.07, 6.45) is 4.73. The minimum atomic E-state index is -0.325. The van der Waals surface area contributed by atoms with E-state index in [-0.39, 0.29) is 17.8 Å². The van der Waals surface area contributed by atoms with Crippen molar-refractivity contribution in [3.8, 4) is 22.8 Å². The quantitative estimate of drug-likeness (QED) is 0.409. The van der Waals surface area contributed by atoms with Crippen LogP contribution in [0.4, 0.5) is 10.2 Å². The minimum Gasteiger partial charge on any atom is -0.355 e. The molecule has 0 saturated carbocycles. The first kappa shape index (κ1) is 23.8. The van der Waals surface area contributed by atoms with E-state index < -0.39 is 0 Å². The van der Waals surface area contributed by atoms with Crippen LogP contribution in [-0.4, -0.2) is 45.0 Å². The molecule has 4 heterocycles. The molecular formula is C27H24ClFN6O. The van der Waals surface area contributed by atoms with Crippen molar-refractivity contribution < 1.29 is 9.18 Å². The van der Waals surface area contributed by atoms with Gasteiger partial charge in [0.05, 0.1) is 17.0 Å². The van der Waals surface area contributed by atoms with Gasteiger partial charge >= 0.3 is 0 Å². The van der Waals surface area contributed by atoms with Crippen LogP contribution in [0.3, 0.4) is 0 Å². The summed E-state index contributed by atoms with van der Waals surface area (Å²) >= 11 is 6.57. The van der Waals surface area contributed by atoms with Gasteiger partial charge < -0.3 is 10.2 Å². The van der Waals surface area contributed by atoms with E-state index >= 15 is 0 Å². The normalized spacial score (nSPS) is 14.0. The maximum Gasteiger partial charge on any atom is 0.253 e. The molecule has 1 amide bonds. The van der Waals surface area contributed by atoms with Crippen LogP contribution in [0.5, 0.6) is 0 Å². The van der Waals surface area contributed by atoms with E-state index in [2.05, 4.69) is 25.2 Å². The molecule has 4 aromatic rings. The molecule has 0 unspecified atom stereocenters. The van der Waals surface area contributed by atoms with Gasteiger partial charge in [0, 0.05) is 37.1 Å². The number of benzene rings is 1. The maximum absolute atomic E-state index is 13.5. The summed E-state index contributed by atoms with van der Waals surface area (Å²) in [7, 11) is 0. The molecule has 1 aliphatic heterocycles. The van der Waals surface area contributed by atoms with Gasteiger partial charge in [0.25, 0.3) is 5.91 Å². The number of hydrogen-bond donors (Lipinski definition) is 1. The highest BCUT2D eigenvalue weighted by Gasteiger charge is 2.25. The molecule has 7 nitrogen and oxygen atoms in total. The molecule has 36 heavy (non-hydrogen) atoms. The second-order valence-corrected chi connectivity index (χ2v) is 9.04. The van der Waals surface area contributed by atoms with Gasteiger partial charge in [-0.25, -0.2) is 14.4 Å². The highest BCUT2D eigenvalue weighted by Crippen LogP contribution is 2.30. The summed E-state index contributed by atoms with van der Waals surface area (Å²) in [5.74, 6) is 0.720. The minimum absolute atomic E-state index is 0.0219. The Labute approximate surface area is 213 Å². The van der Waals surface area contributed by atoms with Gasteiger partial charge in [-0.3, -0.25) is 14.8 Å². The maximum atomic E-state index is 13.5. The van der Waals surface area contributed by atoms with E-state index in [9.17, 15) is 9.18 Å². The third-order valence-corrected chi connectivity index (χ3v) is 6.61. The molecule has 0 aliphatic carbocycles. The lowest BCUT2D eigenvalue weighted by Gasteiger charge is -2.33. The molecule has 1 fully saturated rings. The van der Waals surface area contributed by atoms with Crippen molar-refractivity contribution in [2.75, 3.05) is 18.0 Å². The SMILES string of the molecule is Cc1nc(-c2ccccn2)nc(N2CCC(NC(=O)c3ccc(-c4cccc(F)c4)nc3)CC2)c1Cl. The smallest absolute Gasteiger partial charge is 0.253 e. The zero-order chi connectivity index (χ0) is 25.1. The molecule has 0 spiro atoms. The fourth-order valence-electron chi connectivity index (χ4n) is 4.21. The number of halogens is 2. The van der Waals surface area contributed by atoms with Gasteiger partial charge in [-0.05, 0) is 56.2 Å². The Bertz CT molecular complexity index is 1380. The molecule has 1 aromatic carbocycles. The number of nitrogens with one attached hydrogen (secondary N) is 1. The molecule has 0 radical (unpaired) electrons. The summed E-state index contributed by atoms with van der Waals surface area (Å²) in [4.78, 5) is 32.8. The molecule has 1 N–H and O–H groups in total. The molecule has 9 heteroatoms. The highest BCUT2D eigenvalue weighted by molar-refractivity contribution is 6.33. The second-order valence-electron chi connectivity index (χ2n) is 8.66. The van der Waals surface area contributed by atoms with Crippen molar-refractivity contribution in [1.82, 2.24) is 25.3 Å². The van der Waals surface area contributed by atoms with Crippen LogP contribution in [0.1, 0.15) is 28.9 Å². The number of hydrogen-bond acceptors (Lipinski definition) is 6. The van der Waals surface area contributed by atoms with E-state index in [1.54, 1.807) is 30.5 Å². The molecule has 5 rings (SSSR count). The van der Waals surface area contributed by atoms with Crippen molar-refractivity contribution >= 4 is 23.3 Å². The molecule has 1 aliphatic rings. The summed E-state index contributed by atoms with van der Waals surface area (Å²) in [5, 5.41) is 3.63. The third kappa shape index (κ3) is 5.18. The Balaban J connectivity index is 1.22. The zero-order valence-corrected chi connectivity index (χ0v) is 20.4. The zero-order valence-electron chi connectivity index (χ0n) is 19.7. The molecule has 182 valence electrons. The predicted molar refractivity (Wildman–Crippen MR) is 137 cm³/mol. The number of piperidine rings is 1. The first-order chi connectivity index (χ1) is 17.5. The summed E-state index contributed by atoms with van der Waals surface area (Å²) in [6, 6.07) is 15.3. The number of anilines is 1. The van der Waals surface area contributed by atoms with Crippen LogP contribution in [0.2, 0.25) is 5.02 Å². The van der Waals surface area contributed by atoms with E-state index in [1.807, 2.05) is 25.1 Å². The van der Waals surface area contributed by atoms with Gasteiger partial charge in [-0.2, -0.15) is 0 Å². The first-order valence-corrected chi connectivity index (χ1v) is 12.1. The summed E-state index contributed by atoms with van der Waals surface area (Å²) in [5.41, 5.74) is 3.14. The summed E-state index contributed by atoms with van der Waals surface area (Å²) < 4.78 is 13.5. The van der Waals surface area contributed by atoms with Gasteiger partial charge in [0.15, 0.2) is 11.6 Å². The number of rotatable bonds is 5. The fourth-order valence-corrected chi connectivity index (χ4v) is 4.42. The molecular weight excluding hydrogens is 479 g/mol. The standard InChI is InChI=1S/C27H24ClFN6O/c1-17-24(28)26(34-25(32-17)23-7-2-3-12-30-23)35-13-10-21(11-14-35)33-27(36)19-8-9-22(31-16-19)18-5-4-6-20(29)15-18/h2-9,12,15-16,21H,10-11,13-14H2,1H3,(H,33,36). The van der Waals surface area contributed by atoms with E-state index in [0.29, 0.717) is 58.0 Å². The van der Waals surface area contributed by atoms with Crippen molar-refractivity contribution in [2.45, 2.75) is 25.8 Å². The second kappa shape index (κ2) is 10.4. The Hall–Kier alpha value is -3.91. The average molecular weight is 503 g/mol. The lowest BCUT2D eigenvalue weighted by molar-refractivity contribution is 0.0930. The Morgan fingerprint density at radius 1 is 1.03 bits per heavy atom. The van der Waals surface area contributed by atoms with Crippen molar-refractivity contribution in [2.24, 2.45) is 0 Å². The largest absolute Gasteiger partial charge is 0.355 e. The van der Waals surface area contributed by atoms with Crippen LogP contribution >= 0.6 is 11.6 Å². The van der Waals surface area contributed by atoms with Crippen LogP contribution in [0.15, 0.2) is 67.0 Å². The van der Waals surface area contributed by atoms with E-state index in [1.165, 1.54) is 18.3 Å². The predicted octanol–water partition coefficient (Wildman–Crippen LogP) is 5.10. The van der Waals surface area contributed by atoms with Gasteiger partial charge in [0.2, 0.25) is 0 Å². The van der Waals surface area contributed by atoms with E-state index in [0.717, 1.165) is 12.8 Å². The van der Waals surface area contributed by atoms with Crippen molar-refractivity contribution in [1.29, 1.82) is 0 Å². The van der Waals surface area contributed by atoms with Crippen molar-refractivity contribution in [3.63, 3.8) is 0 Å². The number of amides is 1. The first-order valence-electron chi connectivity index (χ1n) is 11.7. The third-order valence-electron chi connectivity index (χ3n) is 6.17. The van der Waals surface area contributed by atoms with Gasteiger partial charge in [-0.15, -0.1) is 0 Å². The van der Waals surface area contributed by atoms with Gasteiger partial charge in [0.1, 0.15) is 16.5 Å². The Kier molecular flexibility index (Phi) is 6.86. The number of aromatic nitrogens is 4. The van der Waals surface area contributed by atoms with E-state index in [4.69, 9.17) is 16.6 Å². The van der Waals surface area contributed by atoms with Crippen LogP contribution in [0, 0.1) is 12.7 Å². The number of carbonyl (C=O) groups is 1. The number of pyridine rings is 2. The summed E-state index contributed by atoms with van der Waals surface area (Å²) in [6.45, 7) is 3.25. The molecule has 0 atom stereocenters. The average Bonchev–Trinajstić information content (AvgIpc) is 2.91. The van der Waals surface area contributed by atoms with Crippen LogP contribution < -0.4 is 10.2 Å². The van der Waals surface area contributed by atoms with Gasteiger partial charge in [-0.1, -0.05) is 29.8 Å². The topological polar surface area (TPSA) is 83.9 Å². The molecule has 0 bridgehead atoms. The monoisotopic (exact) mass is 502 g/mol. The Morgan fingerprint density at radius 2 is 1.86 bits per heavy atom. The highest BCUT2D eigenvalue weighted by atomic mass is 35.5. The Morgan fingerprint density at radius 3 is 2.56 bits per heavy atom. The number of nitrogens with zero attached hydrogens (tertiary/aromatic N) is 5. The van der Waals surface area contributed by atoms with Crippen LogP contribution in [-0.2, 0) is 0 Å². The molecule has 3 aromatic heterocycles. The fraction of sp³-hybridized carbons (Fsp3) is 0.222. The number of aryl methyl sites for hydroxylation is 1. The van der Waals surface area contributed by atoms with Crippen molar-refractivity contribution in [3.05, 3.63) is 89.1 Å². The lowest BCUT2D eigenvalue weighted by Crippen LogP contribution is -2.45. The van der Waals surface area contributed by atoms with Crippen LogP contribution in [0.25, 0.3) is 22.8 Å².